The molecule has 2 heterocycles. The minimum Gasteiger partial charge on any atom is -0.354 e. The van der Waals surface area contributed by atoms with E-state index in [4.69, 9.17) is 0 Å². The van der Waals surface area contributed by atoms with Crippen LogP contribution in [0.1, 0.15) is 20.8 Å². The highest BCUT2D eigenvalue weighted by molar-refractivity contribution is 8.01. The molecule has 0 aliphatic rings. The van der Waals surface area contributed by atoms with Crippen molar-refractivity contribution in [1.29, 1.82) is 0 Å². The Balaban J connectivity index is 2.29. The number of nitrogens with zero attached hydrogens (tertiary/aromatic N) is 4. The third-order valence-electron chi connectivity index (χ3n) is 2.67. The van der Waals surface area contributed by atoms with Crippen molar-refractivity contribution in [3.05, 3.63) is 17.5 Å². The summed E-state index contributed by atoms with van der Waals surface area (Å²) in [7, 11) is 0. The van der Waals surface area contributed by atoms with Gasteiger partial charge in [-0.1, -0.05) is 6.07 Å². The predicted molar refractivity (Wildman–Crippen MR) is 86.0 cm³/mol. The first-order chi connectivity index (χ1) is 9.76. The summed E-state index contributed by atoms with van der Waals surface area (Å²) in [4.78, 5) is 15.6. The summed E-state index contributed by atoms with van der Waals surface area (Å²) < 4.78 is 1.18. The molecule has 0 aliphatic heterocycles. The highest BCUT2D eigenvalue weighted by Crippen LogP contribution is 2.30. The predicted octanol–water partition coefficient (Wildman–Crippen LogP) is 3.36. The molecule has 0 fully saturated rings. The number of anilines is 2. The average molecular weight is 309 g/mol. The zero-order valence-corrected chi connectivity index (χ0v) is 13.6. The molecule has 0 radical (unpaired) electrons. The molecule has 0 atom stereocenters. The van der Waals surface area contributed by atoms with Crippen LogP contribution in [0.5, 0.6) is 0 Å². The van der Waals surface area contributed by atoms with E-state index in [-0.39, 0.29) is 0 Å². The molecule has 0 aliphatic carbocycles. The summed E-state index contributed by atoms with van der Waals surface area (Å²) >= 11 is 3.27. The Morgan fingerprint density at radius 1 is 1.20 bits per heavy atom. The monoisotopic (exact) mass is 309 g/mol. The van der Waals surface area contributed by atoms with E-state index in [2.05, 4.69) is 50.5 Å². The first kappa shape index (κ1) is 15.1. The highest BCUT2D eigenvalue weighted by Gasteiger charge is 2.12. The van der Waals surface area contributed by atoms with Gasteiger partial charge in [0.2, 0.25) is 11.9 Å². The molecule has 0 spiro atoms. The quantitative estimate of drug-likeness (QED) is 0.846. The van der Waals surface area contributed by atoms with E-state index in [0.717, 1.165) is 30.7 Å². The molecule has 108 valence electrons. The van der Waals surface area contributed by atoms with E-state index < -0.39 is 0 Å². The Bertz CT molecular complexity index is 526. The van der Waals surface area contributed by atoms with Crippen LogP contribution in [0.15, 0.2) is 26.9 Å². The van der Waals surface area contributed by atoms with Crippen molar-refractivity contribution < 1.29 is 0 Å². The topological polar surface area (TPSA) is 53.9 Å². The summed E-state index contributed by atoms with van der Waals surface area (Å²) in [6, 6.07) is 4.10. The Labute approximate surface area is 127 Å². The van der Waals surface area contributed by atoms with Crippen molar-refractivity contribution in [3.8, 4) is 0 Å². The van der Waals surface area contributed by atoms with E-state index >= 15 is 0 Å². The number of aromatic nitrogens is 3. The minimum atomic E-state index is 0.642. The van der Waals surface area contributed by atoms with Gasteiger partial charge in [0, 0.05) is 19.6 Å². The molecule has 2 aromatic rings. The number of nitrogens with one attached hydrogen (secondary N) is 1. The fraction of sp³-hybridized carbons (Fsp3) is 0.462. The van der Waals surface area contributed by atoms with Crippen LogP contribution in [0.25, 0.3) is 0 Å². The Kier molecular flexibility index (Phi) is 5.60. The van der Waals surface area contributed by atoms with Gasteiger partial charge in [0.1, 0.15) is 0 Å². The van der Waals surface area contributed by atoms with Crippen molar-refractivity contribution in [2.45, 2.75) is 30.1 Å². The van der Waals surface area contributed by atoms with Crippen molar-refractivity contribution in [3.63, 3.8) is 0 Å². The van der Waals surface area contributed by atoms with E-state index in [1.54, 1.807) is 23.1 Å². The van der Waals surface area contributed by atoms with E-state index in [9.17, 15) is 0 Å². The van der Waals surface area contributed by atoms with Gasteiger partial charge in [-0.2, -0.15) is 15.0 Å². The van der Waals surface area contributed by atoms with Crippen molar-refractivity contribution in [2.75, 3.05) is 29.9 Å². The molecule has 1 N–H and O–H groups in total. The molecule has 20 heavy (non-hydrogen) atoms. The van der Waals surface area contributed by atoms with Crippen molar-refractivity contribution in [2.24, 2.45) is 0 Å². The van der Waals surface area contributed by atoms with Crippen LogP contribution in [0, 0.1) is 0 Å². The van der Waals surface area contributed by atoms with Gasteiger partial charge in [-0.15, -0.1) is 11.3 Å². The molecular weight excluding hydrogens is 290 g/mol. The van der Waals surface area contributed by atoms with E-state index in [1.165, 1.54) is 4.21 Å². The fourth-order valence-corrected chi connectivity index (χ4v) is 3.31. The summed E-state index contributed by atoms with van der Waals surface area (Å²) in [6.45, 7) is 8.81. The molecule has 2 rings (SSSR count). The van der Waals surface area contributed by atoms with Crippen molar-refractivity contribution >= 4 is 35.0 Å². The number of hydrogen-bond acceptors (Lipinski definition) is 7. The normalized spacial score (nSPS) is 10.6. The second-order valence-corrected chi connectivity index (χ2v) is 6.19. The standard InChI is InChI=1S/C13H19N5S2/c1-4-14-11-15-12(18(5-2)6-3)17-13(16-11)20-10-8-7-9-19-10/h7-9H,4-6H2,1-3H3,(H,14,15,16,17). The smallest absolute Gasteiger partial charge is 0.231 e. The van der Waals surface area contributed by atoms with Gasteiger partial charge in [-0.05, 0) is 44.0 Å². The van der Waals surface area contributed by atoms with Crippen LogP contribution in [0.4, 0.5) is 11.9 Å². The van der Waals surface area contributed by atoms with Crippen LogP contribution in [0.3, 0.4) is 0 Å². The maximum absolute atomic E-state index is 4.57. The second-order valence-electron chi connectivity index (χ2n) is 3.98. The molecule has 0 amide bonds. The van der Waals surface area contributed by atoms with Crippen LogP contribution in [-0.2, 0) is 0 Å². The van der Waals surface area contributed by atoms with Gasteiger partial charge in [-0.3, -0.25) is 0 Å². The van der Waals surface area contributed by atoms with Crippen LogP contribution >= 0.6 is 23.1 Å². The molecule has 2 aromatic heterocycles. The Morgan fingerprint density at radius 3 is 2.60 bits per heavy atom. The minimum absolute atomic E-state index is 0.642. The third kappa shape index (κ3) is 3.83. The van der Waals surface area contributed by atoms with Gasteiger partial charge in [0.05, 0.1) is 4.21 Å². The van der Waals surface area contributed by atoms with Gasteiger partial charge in [0.15, 0.2) is 5.16 Å². The molecule has 5 nitrogen and oxygen atoms in total. The first-order valence-electron chi connectivity index (χ1n) is 6.73. The highest BCUT2D eigenvalue weighted by atomic mass is 32.2. The molecule has 0 saturated heterocycles. The average Bonchev–Trinajstić information content (AvgIpc) is 2.93. The first-order valence-corrected chi connectivity index (χ1v) is 8.42. The maximum Gasteiger partial charge on any atom is 0.231 e. The van der Waals surface area contributed by atoms with Crippen molar-refractivity contribution in [1.82, 2.24) is 15.0 Å². The van der Waals surface area contributed by atoms with Gasteiger partial charge in [-0.25, -0.2) is 0 Å². The molecular formula is C13H19N5S2. The number of hydrogen-bond donors (Lipinski definition) is 1. The summed E-state index contributed by atoms with van der Waals surface area (Å²) in [5.74, 6) is 1.38. The molecule has 0 unspecified atom stereocenters. The molecule has 0 aromatic carbocycles. The largest absolute Gasteiger partial charge is 0.354 e. The van der Waals surface area contributed by atoms with E-state index in [1.807, 2.05) is 13.0 Å². The maximum atomic E-state index is 4.57. The van der Waals surface area contributed by atoms with E-state index in [0.29, 0.717) is 5.95 Å². The Morgan fingerprint density at radius 2 is 2.00 bits per heavy atom. The lowest BCUT2D eigenvalue weighted by Crippen LogP contribution is -2.25. The summed E-state index contributed by atoms with van der Waals surface area (Å²) in [5.41, 5.74) is 0. The summed E-state index contributed by atoms with van der Waals surface area (Å²) in [5, 5.41) is 5.96. The number of thiophene rings is 1. The lowest BCUT2D eigenvalue weighted by atomic mass is 10.5. The zero-order chi connectivity index (χ0) is 14.4. The van der Waals surface area contributed by atoms with Crippen LogP contribution in [-0.4, -0.2) is 34.6 Å². The lowest BCUT2D eigenvalue weighted by Gasteiger charge is -2.19. The third-order valence-corrected chi connectivity index (χ3v) is 4.57. The van der Waals surface area contributed by atoms with Gasteiger partial charge < -0.3 is 10.2 Å². The van der Waals surface area contributed by atoms with Crippen LogP contribution < -0.4 is 10.2 Å². The molecule has 0 bridgehead atoms. The summed E-state index contributed by atoms with van der Waals surface area (Å²) in [6.07, 6.45) is 0. The molecule has 0 saturated carbocycles. The Hall–Kier alpha value is -1.34. The molecule has 7 heteroatoms. The van der Waals surface area contributed by atoms with Gasteiger partial charge in [0.25, 0.3) is 0 Å². The van der Waals surface area contributed by atoms with Gasteiger partial charge >= 0.3 is 0 Å². The SMILES string of the molecule is CCNc1nc(Sc2cccs2)nc(N(CC)CC)n1. The zero-order valence-electron chi connectivity index (χ0n) is 12.0. The van der Waals surface area contributed by atoms with Crippen LogP contribution in [0.2, 0.25) is 0 Å². The lowest BCUT2D eigenvalue weighted by molar-refractivity contribution is 0.783. The number of rotatable bonds is 7. The fourth-order valence-electron chi connectivity index (χ4n) is 1.69. The second kappa shape index (κ2) is 7.44.